The van der Waals surface area contributed by atoms with Crippen molar-refractivity contribution in [2.45, 2.75) is 71.6 Å². The number of hydrogen-bond donors (Lipinski definition) is 0. The molecule has 0 heterocycles. The molecule has 0 amide bonds. The Balaban J connectivity index is 5.62. The van der Waals surface area contributed by atoms with E-state index in [0.29, 0.717) is 0 Å². The van der Waals surface area contributed by atoms with E-state index in [0.717, 1.165) is 29.3 Å². The van der Waals surface area contributed by atoms with Crippen LogP contribution < -0.4 is 0 Å². The molecule has 0 saturated heterocycles. The fourth-order valence-corrected chi connectivity index (χ4v) is 14.2. The Hall–Kier alpha value is 0.314. The summed E-state index contributed by atoms with van der Waals surface area (Å²) >= 11 is 0. The smallest absolute Gasteiger partial charge is 0.348 e. The van der Waals surface area contributed by atoms with Crippen molar-refractivity contribution < 1.29 is 8.85 Å². The van der Waals surface area contributed by atoms with Gasteiger partial charge in [-0.05, 0) is 29.7 Å². The summed E-state index contributed by atoms with van der Waals surface area (Å²) in [5.41, 5.74) is 2.19. The van der Waals surface area contributed by atoms with Gasteiger partial charge < -0.3 is 13.4 Å². The second kappa shape index (κ2) is 8.08. The molecule has 0 unspecified atom stereocenters. The van der Waals surface area contributed by atoms with E-state index < -0.39 is 16.8 Å². The van der Waals surface area contributed by atoms with Crippen molar-refractivity contribution in [2.24, 2.45) is 0 Å². The van der Waals surface area contributed by atoms with Crippen molar-refractivity contribution in [1.82, 2.24) is 4.57 Å². The van der Waals surface area contributed by atoms with Crippen LogP contribution in [0.25, 0.3) is 0 Å². The lowest BCUT2D eigenvalue weighted by Crippen LogP contribution is -2.65. The Morgan fingerprint density at radius 3 is 1.40 bits per heavy atom. The molecule has 0 fully saturated rings. The highest BCUT2D eigenvalue weighted by atomic mass is 28.4. The van der Waals surface area contributed by atoms with E-state index in [1.54, 1.807) is 14.2 Å². The fourth-order valence-electron chi connectivity index (χ4n) is 4.18. The normalized spacial score (nSPS) is 14.1. The lowest BCUT2D eigenvalue weighted by Gasteiger charge is -2.52. The second-order valence-corrected chi connectivity index (χ2v) is 16.2. The van der Waals surface area contributed by atoms with Crippen LogP contribution in [0.3, 0.4) is 0 Å². The molecular formula is C15H37NO2Si2. The van der Waals surface area contributed by atoms with Crippen LogP contribution in [-0.2, 0) is 8.85 Å². The molecule has 5 heteroatoms. The molecule has 122 valence electrons. The summed E-state index contributed by atoms with van der Waals surface area (Å²) in [5.74, 6) is 0. The van der Waals surface area contributed by atoms with Crippen molar-refractivity contribution in [3.05, 3.63) is 0 Å². The summed E-state index contributed by atoms with van der Waals surface area (Å²) in [5, 5.41) is 0. The number of rotatable bonds is 9. The minimum atomic E-state index is -2.07. The van der Waals surface area contributed by atoms with Crippen molar-refractivity contribution in [3.63, 3.8) is 0 Å². The van der Waals surface area contributed by atoms with Gasteiger partial charge in [0.05, 0.1) is 0 Å². The van der Waals surface area contributed by atoms with Crippen LogP contribution in [-0.4, -0.2) is 48.3 Å². The molecule has 0 N–H and O–H groups in total. The monoisotopic (exact) mass is 319 g/mol. The highest BCUT2D eigenvalue weighted by molar-refractivity contribution is 6.82. The standard InChI is InChI=1S/C15H37NO2Si2/c1-11-16(12-19(10,17-8)18-9)20(13(2)3,14(4)5)15(6)7/h13-15H,11-12H2,1-10H3. The van der Waals surface area contributed by atoms with E-state index in [9.17, 15) is 0 Å². The molecule has 0 radical (unpaired) electrons. The minimum Gasteiger partial charge on any atom is -0.397 e. The average Bonchev–Trinajstić information content (AvgIpc) is 2.36. The van der Waals surface area contributed by atoms with Crippen LogP contribution in [0.5, 0.6) is 0 Å². The molecule has 0 aliphatic rings. The van der Waals surface area contributed by atoms with Crippen molar-refractivity contribution in [2.75, 3.05) is 26.9 Å². The molecule has 3 nitrogen and oxygen atoms in total. The average molecular weight is 320 g/mol. The van der Waals surface area contributed by atoms with E-state index in [4.69, 9.17) is 8.85 Å². The maximum Gasteiger partial charge on any atom is 0.348 e. The van der Waals surface area contributed by atoms with Gasteiger partial charge >= 0.3 is 8.56 Å². The summed E-state index contributed by atoms with van der Waals surface area (Å²) in [6.07, 6.45) is 0.983. The Morgan fingerprint density at radius 2 is 1.20 bits per heavy atom. The summed E-state index contributed by atoms with van der Waals surface area (Å²) in [4.78, 5) is 0. The van der Waals surface area contributed by atoms with Crippen LogP contribution in [0.1, 0.15) is 48.5 Å². The topological polar surface area (TPSA) is 21.7 Å². The molecule has 0 aromatic heterocycles. The van der Waals surface area contributed by atoms with Gasteiger partial charge in [0.25, 0.3) is 0 Å². The molecule has 0 aromatic carbocycles. The largest absolute Gasteiger partial charge is 0.397 e. The van der Waals surface area contributed by atoms with Gasteiger partial charge in [0.2, 0.25) is 0 Å². The van der Waals surface area contributed by atoms with E-state index in [2.05, 4.69) is 59.6 Å². The number of nitrogens with zero attached hydrogens (tertiary/aromatic N) is 1. The first kappa shape index (κ1) is 20.3. The molecule has 0 rings (SSSR count). The zero-order valence-corrected chi connectivity index (χ0v) is 17.4. The first-order chi connectivity index (χ1) is 9.12. The Morgan fingerprint density at radius 1 is 0.850 bits per heavy atom. The molecule has 0 aliphatic carbocycles. The van der Waals surface area contributed by atoms with E-state index in [1.165, 1.54) is 0 Å². The van der Waals surface area contributed by atoms with Crippen LogP contribution >= 0.6 is 0 Å². The molecule has 0 bridgehead atoms. The van der Waals surface area contributed by atoms with Gasteiger partial charge in [-0.15, -0.1) is 0 Å². The van der Waals surface area contributed by atoms with Gasteiger partial charge in [-0.3, -0.25) is 0 Å². The fraction of sp³-hybridized carbons (Fsp3) is 1.00. The zero-order valence-electron chi connectivity index (χ0n) is 15.4. The van der Waals surface area contributed by atoms with Crippen LogP contribution in [0, 0.1) is 0 Å². The summed E-state index contributed by atoms with van der Waals surface area (Å²) in [6.45, 7) is 20.0. The highest BCUT2D eigenvalue weighted by Gasteiger charge is 2.50. The Bertz CT molecular complexity index is 257. The zero-order chi connectivity index (χ0) is 16.1. The summed E-state index contributed by atoms with van der Waals surface area (Å²) in [7, 11) is -0.0623. The van der Waals surface area contributed by atoms with Crippen molar-refractivity contribution >= 4 is 16.8 Å². The lowest BCUT2D eigenvalue weighted by molar-refractivity contribution is 0.232. The van der Waals surface area contributed by atoms with Gasteiger partial charge in [-0.25, -0.2) is 0 Å². The third kappa shape index (κ3) is 3.94. The molecule has 0 saturated carbocycles. The number of hydrogen-bond acceptors (Lipinski definition) is 3. The molecule has 0 atom stereocenters. The van der Waals surface area contributed by atoms with Gasteiger partial charge in [-0.2, -0.15) is 0 Å². The predicted octanol–water partition coefficient (Wildman–Crippen LogP) is 4.39. The van der Waals surface area contributed by atoms with E-state index in [1.807, 2.05) is 0 Å². The first-order valence-corrected chi connectivity index (χ1v) is 12.7. The predicted molar refractivity (Wildman–Crippen MR) is 93.9 cm³/mol. The minimum absolute atomic E-state index is 0.731. The van der Waals surface area contributed by atoms with Crippen LogP contribution in [0.15, 0.2) is 0 Å². The van der Waals surface area contributed by atoms with Crippen molar-refractivity contribution in [1.29, 1.82) is 0 Å². The molecule has 0 aromatic rings. The second-order valence-electron chi connectivity index (χ2n) is 6.91. The Kier molecular flexibility index (Phi) is 8.21. The van der Waals surface area contributed by atoms with Gasteiger partial charge in [0.1, 0.15) is 8.24 Å². The van der Waals surface area contributed by atoms with Crippen LogP contribution in [0.2, 0.25) is 23.2 Å². The van der Waals surface area contributed by atoms with Gasteiger partial charge in [-0.1, -0.05) is 48.5 Å². The molecule has 20 heavy (non-hydrogen) atoms. The Labute approximate surface area is 129 Å². The van der Waals surface area contributed by atoms with E-state index >= 15 is 0 Å². The maximum absolute atomic E-state index is 5.75. The SMILES string of the molecule is CCN(C[Si](C)(OC)OC)[Si](C(C)C)(C(C)C)C(C)C. The third-order valence-electron chi connectivity index (χ3n) is 5.05. The van der Waals surface area contributed by atoms with Gasteiger partial charge in [0, 0.05) is 20.4 Å². The maximum atomic E-state index is 5.75. The summed E-state index contributed by atoms with van der Waals surface area (Å²) in [6, 6.07) is 0. The van der Waals surface area contributed by atoms with Crippen LogP contribution in [0.4, 0.5) is 0 Å². The van der Waals surface area contributed by atoms with Crippen molar-refractivity contribution in [3.8, 4) is 0 Å². The summed E-state index contributed by atoms with van der Waals surface area (Å²) < 4.78 is 14.3. The van der Waals surface area contributed by atoms with Gasteiger partial charge in [0.15, 0.2) is 0 Å². The first-order valence-electron chi connectivity index (χ1n) is 7.97. The quantitative estimate of drug-likeness (QED) is 0.588. The van der Waals surface area contributed by atoms with E-state index in [-0.39, 0.29) is 0 Å². The highest BCUT2D eigenvalue weighted by Crippen LogP contribution is 2.44. The molecule has 0 spiro atoms. The lowest BCUT2D eigenvalue weighted by atomic mass is 10.5. The molecule has 0 aliphatic heterocycles. The molecular weight excluding hydrogens is 282 g/mol. The third-order valence-corrected chi connectivity index (χ3v) is 15.2.